The number of hydrogen-bond donors (Lipinski definition) is 1. The van der Waals surface area contributed by atoms with E-state index in [9.17, 15) is 10.1 Å². The van der Waals surface area contributed by atoms with Crippen LogP contribution in [0.25, 0.3) is 0 Å². The van der Waals surface area contributed by atoms with Crippen molar-refractivity contribution in [1.82, 2.24) is 4.98 Å². The van der Waals surface area contributed by atoms with Crippen LogP contribution in [0.15, 0.2) is 29.6 Å². The zero-order valence-corrected chi connectivity index (χ0v) is 12.5. The van der Waals surface area contributed by atoms with Crippen molar-refractivity contribution >= 4 is 28.7 Å². The lowest BCUT2D eigenvalue weighted by atomic mass is 10.3. The number of nitrogens with zero attached hydrogens (tertiary/aromatic N) is 3. The Morgan fingerprint density at radius 1 is 1.48 bits per heavy atom. The van der Waals surface area contributed by atoms with Crippen LogP contribution in [0.5, 0.6) is 0 Å². The third-order valence-electron chi connectivity index (χ3n) is 3.47. The van der Waals surface area contributed by atoms with Gasteiger partial charge in [-0.1, -0.05) is 6.07 Å². The monoisotopic (exact) mass is 304 g/mol. The van der Waals surface area contributed by atoms with E-state index >= 15 is 0 Å². The minimum atomic E-state index is -0.356. The largest absolute Gasteiger partial charge is 0.373 e. The first kappa shape index (κ1) is 13.8. The normalized spacial score (nSPS) is 14.0. The molecule has 0 aliphatic heterocycles. The summed E-state index contributed by atoms with van der Waals surface area (Å²) in [5.74, 6) is 1.11. The molecular formula is C14H16N4O2S. The molecule has 0 radical (unpaired) electrons. The van der Waals surface area contributed by atoms with E-state index in [1.54, 1.807) is 24.5 Å². The lowest BCUT2D eigenvalue weighted by Gasteiger charge is -2.23. The summed E-state index contributed by atoms with van der Waals surface area (Å²) in [5, 5.41) is 16.3. The van der Waals surface area contributed by atoms with Crippen molar-refractivity contribution in [3.63, 3.8) is 0 Å². The second kappa shape index (κ2) is 5.69. The molecule has 1 fully saturated rings. The molecule has 1 aliphatic carbocycles. The minimum Gasteiger partial charge on any atom is -0.373 e. The van der Waals surface area contributed by atoms with Gasteiger partial charge < -0.3 is 10.2 Å². The average Bonchev–Trinajstić information content (AvgIpc) is 3.20. The Balaban J connectivity index is 1.99. The Kier molecular flexibility index (Phi) is 3.74. The van der Waals surface area contributed by atoms with Gasteiger partial charge in [0.2, 0.25) is 5.82 Å². The van der Waals surface area contributed by atoms with E-state index in [4.69, 9.17) is 0 Å². The summed E-state index contributed by atoms with van der Waals surface area (Å²) < 4.78 is 0. The molecule has 0 aromatic carbocycles. The number of nitrogens with one attached hydrogen (secondary N) is 1. The van der Waals surface area contributed by atoms with Crippen molar-refractivity contribution < 1.29 is 4.92 Å². The van der Waals surface area contributed by atoms with E-state index in [2.05, 4.69) is 15.2 Å². The van der Waals surface area contributed by atoms with Gasteiger partial charge in [-0.3, -0.25) is 10.1 Å². The van der Waals surface area contributed by atoms with E-state index in [1.165, 1.54) is 10.9 Å². The second-order valence-electron chi connectivity index (χ2n) is 4.98. The van der Waals surface area contributed by atoms with Crippen LogP contribution in [0.2, 0.25) is 0 Å². The molecule has 0 amide bonds. The zero-order valence-electron chi connectivity index (χ0n) is 11.7. The SMILES string of the molecule is CNc1ccc([N+](=O)[O-])c(N(Cc2cccs2)C2CC2)n1. The zero-order chi connectivity index (χ0) is 14.8. The van der Waals surface area contributed by atoms with Gasteiger partial charge in [-0.2, -0.15) is 0 Å². The van der Waals surface area contributed by atoms with Crippen molar-refractivity contribution in [2.75, 3.05) is 17.3 Å². The molecule has 2 aromatic heterocycles. The third kappa shape index (κ3) is 2.97. The molecule has 3 rings (SSSR count). The molecule has 110 valence electrons. The first-order valence-corrected chi connectivity index (χ1v) is 7.69. The van der Waals surface area contributed by atoms with Crippen LogP contribution in [0, 0.1) is 10.1 Å². The van der Waals surface area contributed by atoms with E-state index in [0.29, 0.717) is 24.2 Å². The fourth-order valence-electron chi connectivity index (χ4n) is 2.27. The number of anilines is 2. The first-order chi connectivity index (χ1) is 10.2. The van der Waals surface area contributed by atoms with Gasteiger partial charge in [0, 0.05) is 24.0 Å². The number of thiophene rings is 1. The smallest absolute Gasteiger partial charge is 0.311 e. The van der Waals surface area contributed by atoms with E-state index < -0.39 is 0 Å². The number of hydrogen-bond acceptors (Lipinski definition) is 6. The number of aromatic nitrogens is 1. The van der Waals surface area contributed by atoms with E-state index in [-0.39, 0.29) is 10.6 Å². The van der Waals surface area contributed by atoms with Gasteiger partial charge in [-0.05, 0) is 30.4 Å². The number of nitro groups is 1. The Morgan fingerprint density at radius 2 is 2.29 bits per heavy atom. The van der Waals surface area contributed by atoms with Crippen molar-refractivity contribution in [2.45, 2.75) is 25.4 Å². The van der Waals surface area contributed by atoms with Gasteiger partial charge in [0.1, 0.15) is 5.82 Å². The van der Waals surface area contributed by atoms with Gasteiger partial charge in [0.25, 0.3) is 0 Å². The van der Waals surface area contributed by atoms with Crippen LogP contribution >= 0.6 is 11.3 Å². The number of rotatable bonds is 6. The minimum absolute atomic E-state index is 0.0671. The number of pyridine rings is 1. The van der Waals surface area contributed by atoms with Crippen molar-refractivity contribution in [3.8, 4) is 0 Å². The first-order valence-electron chi connectivity index (χ1n) is 6.81. The Labute approximate surface area is 126 Å². The maximum Gasteiger partial charge on any atom is 0.311 e. The highest BCUT2D eigenvalue weighted by molar-refractivity contribution is 7.09. The summed E-state index contributed by atoms with van der Waals surface area (Å²) in [5.41, 5.74) is 0.0671. The van der Waals surface area contributed by atoms with Gasteiger partial charge in [-0.25, -0.2) is 4.98 Å². The van der Waals surface area contributed by atoms with Gasteiger partial charge >= 0.3 is 5.69 Å². The lowest BCUT2D eigenvalue weighted by Crippen LogP contribution is -2.26. The van der Waals surface area contributed by atoms with Crippen molar-refractivity contribution in [3.05, 3.63) is 44.6 Å². The van der Waals surface area contributed by atoms with Crippen LogP contribution < -0.4 is 10.2 Å². The molecule has 0 bridgehead atoms. The molecule has 21 heavy (non-hydrogen) atoms. The summed E-state index contributed by atoms with van der Waals surface area (Å²) in [6.45, 7) is 0.670. The molecule has 1 aliphatic rings. The second-order valence-corrected chi connectivity index (χ2v) is 6.02. The molecule has 0 unspecified atom stereocenters. The van der Waals surface area contributed by atoms with Gasteiger partial charge in [0.05, 0.1) is 11.5 Å². The van der Waals surface area contributed by atoms with Crippen LogP contribution in [-0.4, -0.2) is 23.0 Å². The molecule has 6 nitrogen and oxygen atoms in total. The molecule has 1 saturated carbocycles. The fraction of sp³-hybridized carbons (Fsp3) is 0.357. The van der Waals surface area contributed by atoms with Crippen LogP contribution in [-0.2, 0) is 6.54 Å². The third-order valence-corrected chi connectivity index (χ3v) is 4.33. The maximum atomic E-state index is 11.3. The Hall–Kier alpha value is -2.15. The highest BCUT2D eigenvalue weighted by Gasteiger charge is 2.34. The summed E-state index contributed by atoms with van der Waals surface area (Å²) in [7, 11) is 1.76. The summed E-state index contributed by atoms with van der Waals surface area (Å²) in [6.07, 6.45) is 2.13. The van der Waals surface area contributed by atoms with Crippen LogP contribution in [0.1, 0.15) is 17.7 Å². The average molecular weight is 304 g/mol. The molecule has 2 heterocycles. The van der Waals surface area contributed by atoms with Crippen LogP contribution in [0.4, 0.5) is 17.3 Å². The lowest BCUT2D eigenvalue weighted by molar-refractivity contribution is -0.384. The van der Waals surface area contributed by atoms with E-state index in [1.807, 2.05) is 17.5 Å². The molecule has 2 aromatic rings. The molecular weight excluding hydrogens is 288 g/mol. The predicted octanol–water partition coefficient (Wildman–Crippen LogP) is 3.26. The fourth-order valence-corrected chi connectivity index (χ4v) is 2.97. The summed E-state index contributed by atoms with van der Waals surface area (Å²) >= 11 is 1.66. The quantitative estimate of drug-likeness (QED) is 0.655. The van der Waals surface area contributed by atoms with Crippen molar-refractivity contribution in [2.24, 2.45) is 0 Å². The van der Waals surface area contributed by atoms with Gasteiger partial charge in [-0.15, -0.1) is 11.3 Å². The topological polar surface area (TPSA) is 71.3 Å². The Bertz CT molecular complexity index is 640. The molecule has 0 atom stereocenters. The summed E-state index contributed by atoms with van der Waals surface area (Å²) in [6, 6.07) is 7.56. The summed E-state index contributed by atoms with van der Waals surface area (Å²) in [4.78, 5) is 18.6. The van der Waals surface area contributed by atoms with Gasteiger partial charge in [0.15, 0.2) is 0 Å². The van der Waals surface area contributed by atoms with E-state index in [0.717, 1.165) is 12.8 Å². The standard InChI is InChI=1S/C14H16N4O2S/c1-15-13-7-6-12(18(19)20)14(16-13)17(10-4-5-10)9-11-3-2-8-21-11/h2-3,6-8,10H,4-5,9H2,1H3,(H,15,16). The highest BCUT2D eigenvalue weighted by Crippen LogP contribution is 2.37. The maximum absolute atomic E-state index is 11.3. The predicted molar refractivity (Wildman–Crippen MR) is 84.0 cm³/mol. The van der Waals surface area contributed by atoms with Crippen molar-refractivity contribution in [1.29, 1.82) is 0 Å². The molecule has 1 N–H and O–H groups in total. The molecule has 0 saturated heterocycles. The Morgan fingerprint density at radius 3 is 2.86 bits per heavy atom. The molecule has 7 heteroatoms. The van der Waals surface area contributed by atoms with Crippen LogP contribution in [0.3, 0.4) is 0 Å². The highest BCUT2D eigenvalue weighted by atomic mass is 32.1. The molecule has 0 spiro atoms.